The summed E-state index contributed by atoms with van der Waals surface area (Å²) in [5, 5.41) is 5.49. The fourth-order valence-corrected chi connectivity index (χ4v) is 1.88. The van der Waals surface area contributed by atoms with Crippen LogP contribution in [0.3, 0.4) is 0 Å². The number of carbonyl (C=O) groups is 2. The van der Waals surface area contributed by atoms with E-state index in [2.05, 4.69) is 24.5 Å². The van der Waals surface area contributed by atoms with Crippen LogP contribution >= 0.6 is 0 Å². The average Bonchev–Trinajstić information content (AvgIpc) is 2.38. The van der Waals surface area contributed by atoms with Gasteiger partial charge in [0.2, 0.25) is 11.8 Å². The Morgan fingerprint density at radius 2 is 1.70 bits per heavy atom. The number of benzene rings is 1. The van der Waals surface area contributed by atoms with E-state index in [1.807, 2.05) is 32.0 Å². The molecule has 0 spiro atoms. The number of rotatable bonds is 6. The fourth-order valence-electron chi connectivity index (χ4n) is 1.88. The minimum atomic E-state index is -0.194. The van der Waals surface area contributed by atoms with Gasteiger partial charge in [-0.1, -0.05) is 32.0 Å². The Balaban J connectivity index is 2.43. The van der Waals surface area contributed by atoms with E-state index >= 15 is 0 Å². The van der Waals surface area contributed by atoms with Crippen molar-refractivity contribution in [2.24, 2.45) is 5.92 Å². The monoisotopic (exact) mass is 276 g/mol. The Bertz CT molecular complexity index is 461. The fraction of sp³-hybridized carbons (Fsp3) is 0.500. The molecule has 0 radical (unpaired) electrons. The molecule has 2 N–H and O–H groups in total. The van der Waals surface area contributed by atoms with Crippen LogP contribution < -0.4 is 10.6 Å². The molecule has 0 aliphatic rings. The maximum atomic E-state index is 11.8. The largest absolute Gasteiger partial charge is 0.347 e. The summed E-state index contributed by atoms with van der Waals surface area (Å²) >= 11 is 0. The van der Waals surface area contributed by atoms with Crippen LogP contribution in [0.1, 0.15) is 37.8 Å². The lowest BCUT2D eigenvalue weighted by Gasteiger charge is -2.12. The second kappa shape index (κ2) is 7.68. The van der Waals surface area contributed by atoms with Crippen LogP contribution in [0.15, 0.2) is 18.2 Å². The summed E-state index contributed by atoms with van der Waals surface area (Å²) in [5.41, 5.74) is 2.86. The first-order valence-corrected chi connectivity index (χ1v) is 7.03. The van der Waals surface area contributed by atoms with Gasteiger partial charge in [0.05, 0.1) is 6.54 Å². The summed E-state index contributed by atoms with van der Waals surface area (Å²) in [6, 6.07) is 5.85. The minimum absolute atomic E-state index is 0.0186. The zero-order valence-electron chi connectivity index (χ0n) is 12.7. The molecule has 0 unspecified atom stereocenters. The summed E-state index contributed by atoms with van der Waals surface area (Å²) in [4.78, 5) is 23.4. The summed E-state index contributed by atoms with van der Waals surface area (Å²) in [6.45, 7) is 8.06. The molecule has 1 rings (SSSR count). The first kappa shape index (κ1) is 16.2. The van der Waals surface area contributed by atoms with Crippen LogP contribution in [-0.2, 0) is 9.59 Å². The summed E-state index contributed by atoms with van der Waals surface area (Å²) in [5.74, 6) is 0.222. The van der Waals surface area contributed by atoms with Crippen LogP contribution in [0, 0.1) is 19.8 Å². The van der Waals surface area contributed by atoms with Crippen molar-refractivity contribution in [3.63, 3.8) is 0 Å². The lowest BCUT2D eigenvalue weighted by Crippen LogP contribution is -2.33. The Hall–Kier alpha value is -1.84. The molecule has 1 aromatic carbocycles. The van der Waals surface area contributed by atoms with Crippen molar-refractivity contribution in [2.45, 2.75) is 40.5 Å². The van der Waals surface area contributed by atoms with Gasteiger partial charge in [-0.15, -0.1) is 0 Å². The van der Waals surface area contributed by atoms with Crippen molar-refractivity contribution in [3.8, 4) is 0 Å². The predicted octanol–water partition coefficient (Wildman–Crippen LogP) is 2.79. The number of aryl methyl sites for hydroxylation is 2. The standard InChI is InChI=1S/C16H24N2O2/c1-11(2)8-9-14(19)17-10-15(20)18-16-12(3)6-5-7-13(16)4/h5-7,11H,8-10H2,1-4H3,(H,17,19)(H,18,20). The maximum Gasteiger partial charge on any atom is 0.243 e. The number of para-hydroxylation sites is 1. The third kappa shape index (κ3) is 5.43. The quantitative estimate of drug-likeness (QED) is 0.839. The molecule has 20 heavy (non-hydrogen) atoms. The van der Waals surface area contributed by atoms with Crippen LogP contribution in [0.5, 0.6) is 0 Å². The van der Waals surface area contributed by atoms with Gasteiger partial charge in [0.25, 0.3) is 0 Å². The highest BCUT2D eigenvalue weighted by Crippen LogP contribution is 2.18. The van der Waals surface area contributed by atoms with Crippen LogP contribution in [0.2, 0.25) is 0 Å². The van der Waals surface area contributed by atoms with Crippen molar-refractivity contribution in [2.75, 3.05) is 11.9 Å². The van der Waals surface area contributed by atoms with Crippen molar-refractivity contribution in [1.82, 2.24) is 5.32 Å². The normalized spacial score (nSPS) is 10.4. The summed E-state index contributed by atoms with van der Waals surface area (Å²) in [6.07, 6.45) is 1.30. The number of hydrogen-bond acceptors (Lipinski definition) is 2. The number of anilines is 1. The molecule has 0 aromatic heterocycles. The van der Waals surface area contributed by atoms with E-state index in [0.717, 1.165) is 23.2 Å². The molecule has 0 bridgehead atoms. The molecule has 0 fully saturated rings. The minimum Gasteiger partial charge on any atom is -0.347 e. The topological polar surface area (TPSA) is 58.2 Å². The second-order valence-corrected chi connectivity index (χ2v) is 5.52. The van der Waals surface area contributed by atoms with E-state index < -0.39 is 0 Å². The molecule has 4 nitrogen and oxygen atoms in total. The van der Waals surface area contributed by atoms with Gasteiger partial charge in [0.1, 0.15) is 0 Å². The number of amides is 2. The molecule has 4 heteroatoms. The van der Waals surface area contributed by atoms with Crippen molar-refractivity contribution >= 4 is 17.5 Å². The van der Waals surface area contributed by atoms with Gasteiger partial charge in [0.15, 0.2) is 0 Å². The maximum absolute atomic E-state index is 11.8. The van der Waals surface area contributed by atoms with E-state index in [9.17, 15) is 9.59 Å². The highest BCUT2D eigenvalue weighted by atomic mass is 16.2. The Morgan fingerprint density at radius 3 is 2.25 bits per heavy atom. The number of hydrogen-bond donors (Lipinski definition) is 2. The van der Waals surface area contributed by atoms with E-state index in [1.54, 1.807) is 0 Å². The van der Waals surface area contributed by atoms with Crippen molar-refractivity contribution in [1.29, 1.82) is 0 Å². The molecular weight excluding hydrogens is 252 g/mol. The zero-order chi connectivity index (χ0) is 15.1. The highest BCUT2D eigenvalue weighted by Gasteiger charge is 2.09. The number of nitrogens with one attached hydrogen (secondary N) is 2. The molecule has 110 valence electrons. The smallest absolute Gasteiger partial charge is 0.243 e. The van der Waals surface area contributed by atoms with Gasteiger partial charge < -0.3 is 10.6 Å². The Kier molecular flexibility index (Phi) is 6.22. The summed E-state index contributed by atoms with van der Waals surface area (Å²) < 4.78 is 0. The van der Waals surface area contributed by atoms with Crippen molar-refractivity contribution in [3.05, 3.63) is 29.3 Å². The Morgan fingerprint density at radius 1 is 1.10 bits per heavy atom. The van der Waals surface area contributed by atoms with Crippen molar-refractivity contribution < 1.29 is 9.59 Å². The van der Waals surface area contributed by atoms with Gasteiger partial charge >= 0.3 is 0 Å². The van der Waals surface area contributed by atoms with Gasteiger partial charge in [-0.3, -0.25) is 9.59 Å². The van der Waals surface area contributed by atoms with E-state index in [0.29, 0.717) is 12.3 Å². The van der Waals surface area contributed by atoms with Gasteiger partial charge in [-0.05, 0) is 37.3 Å². The number of carbonyl (C=O) groups excluding carboxylic acids is 2. The van der Waals surface area contributed by atoms with Gasteiger partial charge in [-0.2, -0.15) is 0 Å². The average molecular weight is 276 g/mol. The molecule has 1 aromatic rings. The molecule has 0 heterocycles. The van der Waals surface area contributed by atoms with E-state index in [-0.39, 0.29) is 18.4 Å². The molecule has 0 aliphatic carbocycles. The second-order valence-electron chi connectivity index (χ2n) is 5.52. The van der Waals surface area contributed by atoms with E-state index in [4.69, 9.17) is 0 Å². The predicted molar refractivity (Wildman–Crippen MR) is 81.6 cm³/mol. The van der Waals surface area contributed by atoms with Gasteiger partial charge in [-0.25, -0.2) is 0 Å². The molecule has 0 saturated carbocycles. The SMILES string of the molecule is Cc1cccc(C)c1NC(=O)CNC(=O)CCC(C)C. The molecule has 0 atom stereocenters. The van der Waals surface area contributed by atoms with Crippen LogP contribution in [0.25, 0.3) is 0 Å². The van der Waals surface area contributed by atoms with Crippen LogP contribution in [-0.4, -0.2) is 18.4 Å². The third-order valence-electron chi connectivity index (χ3n) is 3.14. The molecular formula is C16H24N2O2. The van der Waals surface area contributed by atoms with Crippen LogP contribution in [0.4, 0.5) is 5.69 Å². The van der Waals surface area contributed by atoms with Gasteiger partial charge in [0, 0.05) is 12.1 Å². The highest BCUT2D eigenvalue weighted by molar-refractivity contribution is 5.95. The zero-order valence-corrected chi connectivity index (χ0v) is 12.7. The molecule has 0 saturated heterocycles. The lowest BCUT2D eigenvalue weighted by molar-refractivity contribution is -0.124. The lowest BCUT2D eigenvalue weighted by atomic mass is 10.1. The van der Waals surface area contributed by atoms with E-state index in [1.165, 1.54) is 0 Å². The third-order valence-corrected chi connectivity index (χ3v) is 3.14. The Labute approximate surface area is 121 Å². The first-order chi connectivity index (χ1) is 9.40. The first-order valence-electron chi connectivity index (χ1n) is 7.03. The summed E-state index contributed by atoms with van der Waals surface area (Å²) in [7, 11) is 0. The molecule has 0 aliphatic heterocycles. The molecule has 2 amide bonds.